The molecule has 112 valence electrons. The fraction of sp³-hybridized carbons (Fsp3) is 0.500. The van der Waals surface area contributed by atoms with Crippen molar-refractivity contribution < 1.29 is 18.0 Å². The van der Waals surface area contributed by atoms with Gasteiger partial charge in [0, 0.05) is 0 Å². The minimum atomic E-state index is -4.36. The van der Waals surface area contributed by atoms with E-state index in [1.54, 1.807) is 20.8 Å². The molecule has 20 heavy (non-hydrogen) atoms. The van der Waals surface area contributed by atoms with Gasteiger partial charge in [-0.1, -0.05) is 12.1 Å². The van der Waals surface area contributed by atoms with Gasteiger partial charge >= 0.3 is 6.18 Å². The van der Waals surface area contributed by atoms with E-state index in [0.29, 0.717) is 5.56 Å². The third kappa shape index (κ3) is 4.71. The van der Waals surface area contributed by atoms with Gasteiger partial charge in [-0.25, -0.2) is 0 Å². The maximum atomic E-state index is 12.4. The van der Waals surface area contributed by atoms with Crippen LogP contribution in [0.5, 0.6) is 0 Å². The Bertz CT molecular complexity index is 466. The second-order valence-electron chi connectivity index (χ2n) is 5.26. The molecule has 0 saturated heterocycles. The molecule has 1 rings (SSSR count). The fourth-order valence-corrected chi connectivity index (χ4v) is 1.55. The lowest BCUT2D eigenvalue weighted by atomic mass is 10.0. The highest BCUT2D eigenvalue weighted by molar-refractivity contribution is 6.21. The minimum Gasteiger partial charge on any atom is -0.349 e. The second-order valence-corrected chi connectivity index (χ2v) is 5.91. The van der Waals surface area contributed by atoms with Crippen molar-refractivity contribution in [3.63, 3.8) is 0 Å². The summed E-state index contributed by atoms with van der Waals surface area (Å²) in [6, 6.07) is 4.55. The van der Waals surface area contributed by atoms with Gasteiger partial charge in [-0.05, 0) is 38.5 Å². The Morgan fingerprint density at radius 1 is 1.25 bits per heavy atom. The van der Waals surface area contributed by atoms with E-state index in [9.17, 15) is 18.0 Å². The van der Waals surface area contributed by atoms with Crippen LogP contribution in [-0.4, -0.2) is 16.8 Å². The molecule has 0 aliphatic rings. The lowest BCUT2D eigenvalue weighted by Crippen LogP contribution is -2.49. The van der Waals surface area contributed by atoms with E-state index in [1.165, 1.54) is 12.1 Å². The molecule has 0 bridgehead atoms. The molecule has 1 aromatic carbocycles. The van der Waals surface area contributed by atoms with Crippen LogP contribution in [0.2, 0.25) is 0 Å². The van der Waals surface area contributed by atoms with Gasteiger partial charge in [0.2, 0.25) is 5.91 Å². The van der Waals surface area contributed by atoms with Crippen molar-refractivity contribution in [2.75, 3.05) is 0 Å². The molecule has 0 aliphatic carbocycles. The monoisotopic (exact) mass is 307 g/mol. The molecule has 0 spiro atoms. The zero-order valence-electron chi connectivity index (χ0n) is 11.5. The van der Waals surface area contributed by atoms with Crippen LogP contribution in [0, 0.1) is 0 Å². The summed E-state index contributed by atoms with van der Waals surface area (Å²) in [4.78, 5) is 11.8. The number of hydrogen-bond acceptors (Lipinski definition) is 1. The molecule has 0 heterocycles. The van der Waals surface area contributed by atoms with Crippen molar-refractivity contribution in [1.29, 1.82) is 0 Å². The van der Waals surface area contributed by atoms with Crippen molar-refractivity contribution in [3.8, 4) is 0 Å². The number of amides is 1. The average molecular weight is 308 g/mol. The van der Waals surface area contributed by atoms with E-state index >= 15 is 0 Å². The molecule has 6 heteroatoms. The van der Waals surface area contributed by atoms with Crippen molar-refractivity contribution in [2.45, 2.75) is 44.3 Å². The number of benzene rings is 1. The summed E-state index contributed by atoms with van der Waals surface area (Å²) in [5.41, 5.74) is -0.783. The van der Waals surface area contributed by atoms with Crippen LogP contribution < -0.4 is 5.32 Å². The fourth-order valence-electron chi connectivity index (χ4n) is 1.50. The normalized spacial score (nSPS) is 13.9. The van der Waals surface area contributed by atoms with Gasteiger partial charge in [-0.3, -0.25) is 4.79 Å². The summed E-state index contributed by atoms with van der Waals surface area (Å²) < 4.78 is 37.2. The maximum absolute atomic E-state index is 12.4. The number of alkyl halides is 4. The predicted molar refractivity (Wildman–Crippen MR) is 72.7 cm³/mol. The number of carbonyl (C=O) groups is 1. The highest BCUT2D eigenvalue weighted by Crippen LogP contribution is 2.29. The van der Waals surface area contributed by atoms with E-state index < -0.39 is 17.3 Å². The maximum Gasteiger partial charge on any atom is 0.416 e. The summed E-state index contributed by atoms with van der Waals surface area (Å²) in [6.07, 6.45) is -4.35. The largest absolute Gasteiger partial charge is 0.416 e. The molecule has 1 atom stereocenters. The van der Waals surface area contributed by atoms with E-state index in [-0.39, 0.29) is 17.7 Å². The van der Waals surface area contributed by atoms with Gasteiger partial charge in [-0.15, -0.1) is 11.6 Å². The Morgan fingerprint density at radius 3 is 2.15 bits per heavy atom. The molecule has 0 aliphatic heterocycles. The van der Waals surface area contributed by atoms with E-state index in [2.05, 4.69) is 5.32 Å². The Hall–Kier alpha value is -1.23. The topological polar surface area (TPSA) is 29.1 Å². The summed E-state index contributed by atoms with van der Waals surface area (Å²) in [5, 5.41) is 2.49. The lowest BCUT2D eigenvalue weighted by molar-refractivity contribution is -0.137. The molecule has 0 radical (unpaired) electrons. The van der Waals surface area contributed by atoms with Crippen molar-refractivity contribution >= 4 is 17.5 Å². The summed E-state index contributed by atoms with van der Waals surface area (Å²) in [6.45, 7) is 5.34. The zero-order chi connectivity index (χ0) is 15.6. The van der Waals surface area contributed by atoms with Crippen LogP contribution in [0.1, 0.15) is 31.9 Å². The van der Waals surface area contributed by atoms with Crippen LogP contribution in [0.15, 0.2) is 24.3 Å². The molecule has 1 aromatic rings. The van der Waals surface area contributed by atoms with E-state index in [4.69, 9.17) is 11.6 Å². The molecule has 2 nitrogen and oxygen atoms in total. The first kappa shape index (κ1) is 16.8. The van der Waals surface area contributed by atoms with Gasteiger partial charge < -0.3 is 5.32 Å². The van der Waals surface area contributed by atoms with Crippen molar-refractivity contribution in [1.82, 2.24) is 5.32 Å². The molecule has 0 aromatic heterocycles. The van der Waals surface area contributed by atoms with E-state index in [0.717, 1.165) is 12.1 Å². The van der Waals surface area contributed by atoms with Crippen LogP contribution in [0.3, 0.4) is 0 Å². The number of carbonyl (C=O) groups excluding carboxylic acids is 1. The van der Waals surface area contributed by atoms with Gasteiger partial charge in [0.1, 0.15) is 0 Å². The third-order valence-corrected chi connectivity index (χ3v) is 3.65. The molecular weight excluding hydrogens is 291 g/mol. The number of nitrogens with one attached hydrogen (secondary N) is 1. The smallest absolute Gasteiger partial charge is 0.349 e. The molecule has 0 saturated carbocycles. The summed E-state index contributed by atoms with van der Waals surface area (Å²) in [5.74, 6) is -0.276. The lowest BCUT2D eigenvalue weighted by Gasteiger charge is -2.29. The average Bonchev–Trinajstić information content (AvgIpc) is 2.27. The van der Waals surface area contributed by atoms with Crippen LogP contribution in [-0.2, 0) is 17.4 Å². The Balaban J connectivity index is 2.68. The van der Waals surface area contributed by atoms with Crippen LogP contribution in [0.4, 0.5) is 13.2 Å². The molecule has 1 amide bonds. The minimum absolute atomic E-state index is 0.0190. The first-order valence-corrected chi connectivity index (χ1v) is 6.57. The Morgan fingerprint density at radius 2 is 1.75 bits per heavy atom. The van der Waals surface area contributed by atoms with Gasteiger partial charge in [-0.2, -0.15) is 13.2 Å². The number of halogens is 4. The quantitative estimate of drug-likeness (QED) is 0.843. The van der Waals surface area contributed by atoms with Gasteiger partial charge in [0.15, 0.2) is 0 Å². The predicted octanol–water partition coefficient (Wildman–Crippen LogP) is 3.77. The molecule has 1 unspecified atom stereocenters. The molecule has 0 fully saturated rings. The number of rotatable bonds is 4. The van der Waals surface area contributed by atoms with Gasteiger partial charge in [0.25, 0.3) is 0 Å². The highest BCUT2D eigenvalue weighted by atomic mass is 35.5. The first-order chi connectivity index (χ1) is 9.02. The zero-order valence-corrected chi connectivity index (χ0v) is 12.3. The van der Waals surface area contributed by atoms with E-state index in [1.807, 2.05) is 0 Å². The molecular formula is C14H17ClF3NO. The standard InChI is InChI=1S/C14H17ClF3NO/c1-9(15)13(2,3)19-12(20)8-10-4-6-11(7-5-10)14(16,17)18/h4-7,9H,8H2,1-3H3,(H,19,20). The van der Waals surface area contributed by atoms with Crippen molar-refractivity contribution in [3.05, 3.63) is 35.4 Å². The molecule has 1 N–H and O–H groups in total. The summed E-state index contributed by atoms with van der Waals surface area (Å²) in [7, 11) is 0. The van der Waals surface area contributed by atoms with Crippen molar-refractivity contribution in [2.24, 2.45) is 0 Å². The Kier molecular flexibility index (Phi) is 5.08. The van der Waals surface area contributed by atoms with Crippen LogP contribution >= 0.6 is 11.6 Å². The number of hydrogen-bond donors (Lipinski definition) is 1. The third-order valence-electron chi connectivity index (χ3n) is 3.10. The Labute approximate surface area is 121 Å². The van der Waals surface area contributed by atoms with Crippen LogP contribution in [0.25, 0.3) is 0 Å². The SMILES string of the molecule is CC(Cl)C(C)(C)NC(=O)Cc1ccc(C(F)(F)F)cc1. The van der Waals surface area contributed by atoms with Gasteiger partial charge in [0.05, 0.1) is 22.9 Å². The first-order valence-electron chi connectivity index (χ1n) is 6.13. The summed E-state index contributed by atoms with van der Waals surface area (Å²) >= 11 is 5.95. The second kappa shape index (κ2) is 6.04. The highest BCUT2D eigenvalue weighted by Gasteiger charge is 2.30.